The second-order valence-electron chi connectivity index (χ2n) is 13.2. The number of aromatic nitrogens is 2. The van der Waals surface area contributed by atoms with Crippen LogP contribution in [0.15, 0.2) is 42.6 Å². The Kier molecular flexibility index (Phi) is 8.33. The number of hydrogen-bond donors (Lipinski definition) is 2. The first kappa shape index (κ1) is 31.6. The van der Waals surface area contributed by atoms with Gasteiger partial charge in [-0.2, -0.15) is 5.10 Å². The Morgan fingerprint density at radius 2 is 1.93 bits per heavy atom. The molecule has 4 aromatic rings. The molecule has 0 radical (unpaired) electrons. The van der Waals surface area contributed by atoms with E-state index in [1.165, 1.54) is 18.2 Å². The van der Waals surface area contributed by atoms with Crippen molar-refractivity contribution in [3.8, 4) is 21.6 Å². The molecule has 2 aliphatic rings. The predicted molar refractivity (Wildman–Crippen MR) is 172 cm³/mol. The average Bonchev–Trinajstić information content (AvgIpc) is 3.58. The molecule has 46 heavy (non-hydrogen) atoms. The van der Waals surface area contributed by atoms with E-state index >= 15 is 4.39 Å². The minimum absolute atomic E-state index is 0.137. The molecule has 6 rings (SSSR count). The number of nitrogens with one attached hydrogen (secondary N) is 1. The molecule has 1 aliphatic heterocycles. The summed E-state index contributed by atoms with van der Waals surface area (Å²) in [5.74, 6) is -1.55. The van der Waals surface area contributed by atoms with Crippen molar-refractivity contribution in [2.45, 2.75) is 76.7 Å². The molecule has 0 unspecified atom stereocenters. The first-order chi connectivity index (χ1) is 21.8. The third kappa shape index (κ3) is 6.62. The van der Waals surface area contributed by atoms with Crippen molar-refractivity contribution in [3.05, 3.63) is 70.5 Å². The number of thiophene rings is 1. The van der Waals surface area contributed by atoms with Gasteiger partial charge in [-0.3, -0.25) is 9.48 Å². The molecule has 1 saturated carbocycles. The molecule has 9 nitrogen and oxygen atoms in total. The van der Waals surface area contributed by atoms with Crippen LogP contribution in [0.3, 0.4) is 0 Å². The number of likely N-dealkylation sites (tertiary alicyclic amines) is 1. The number of aliphatic hydroxyl groups is 1. The molecule has 240 valence electrons. The lowest BCUT2D eigenvalue weighted by molar-refractivity contribution is -0.0496. The number of piperidine rings is 1. The number of nitrogens with zero attached hydrogens (tertiary/aromatic N) is 4. The summed E-state index contributed by atoms with van der Waals surface area (Å²) >= 11 is 1.11. The summed E-state index contributed by atoms with van der Waals surface area (Å²) < 4.78 is 37.6. The van der Waals surface area contributed by atoms with E-state index in [9.17, 15) is 19.1 Å². The second kappa shape index (κ2) is 12.1. The highest BCUT2D eigenvalue weighted by molar-refractivity contribution is 7.18. The Balaban J connectivity index is 1.34. The molecule has 1 aliphatic carbocycles. The van der Waals surface area contributed by atoms with Gasteiger partial charge in [0.15, 0.2) is 0 Å². The standard InChI is InChI=1S/C34H35F2N5O4S/c1-33(2,3)45-32(43)38-22-7-5-12-40(18-22)31(42)29-15-23(20-8-9-27(37-4)26(36)14-20)30(46-29)24-13-21-17-41(19-34(44)10-6-11-34)39-28(21)16-25(24)35/h8-9,13-17,22,44H,5-7,10-12,18-19H2,1-3H3,(H,38,43)/t22-/m1/s1. The Bertz CT molecular complexity index is 1870. The van der Waals surface area contributed by atoms with E-state index in [-0.39, 0.29) is 29.7 Å². The van der Waals surface area contributed by atoms with Gasteiger partial charge >= 0.3 is 6.09 Å². The van der Waals surface area contributed by atoms with E-state index < -0.39 is 28.9 Å². The molecule has 0 bridgehead atoms. The van der Waals surface area contributed by atoms with Gasteiger partial charge in [-0.05, 0) is 76.6 Å². The van der Waals surface area contributed by atoms with Gasteiger partial charge in [-0.25, -0.2) is 18.4 Å². The molecule has 1 atom stereocenters. The van der Waals surface area contributed by atoms with E-state index in [0.717, 1.165) is 17.8 Å². The quantitative estimate of drug-likeness (QED) is 0.214. The lowest BCUT2D eigenvalue weighted by Gasteiger charge is -2.36. The van der Waals surface area contributed by atoms with E-state index in [1.54, 1.807) is 54.7 Å². The highest BCUT2D eigenvalue weighted by Gasteiger charge is 2.35. The number of carbonyl (C=O) groups excluding carboxylic acids is 2. The summed E-state index contributed by atoms with van der Waals surface area (Å²) in [6.07, 6.45) is 4.91. The summed E-state index contributed by atoms with van der Waals surface area (Å²) in [5, 5.41) is 18.6. The number of benzene rings is 2. The molecule has 12 heteroatoms. The second-order valence-corrected chi connectivity index (χ2v) is 14.2. The number of hydrogen-bond acceptors (Lipinski definition) is 6. The highest BCUT2D eigenvalue weighted by atomic mass is 32.1. The van der Waals surface area contributed by atoms with Crippen LogP contribution in [0.25, 0.3) is 37.3 Å². The molecule has 2 fully saturated rings. The molecule has 2 amide bonds. The molecular weight excluding hydrogens is 612 g/mol. The van der Waals surface area contributed by atoms with E-state index in [4.69, 9.17) is 11.3 Å². The Morgan fingerprint density at radius 1 is 1.15 bits per heavy atom. The fraction of sp³-hybridized carbons (Fsp3) is 0.412. The Morgan fingerprint density at radius 3 is 2.61 bits per heavy atom. The van der Waals surface area contributed by atoms with E-state index in [2.05, 4.69) is 15.3 Å². The first-order valence-corrected chi connectivity index (χ1v) is 16.1. The lowest BCUT2D eigenvalue weighted by Crippen LogP contribution is -2.50. The van der Waals surface area contributed by atoms with Crippen LogP contribution < -0.4 is 5.32 Å². The largest absolute Gasteiger partial charge is 0.444 e. The van der Waals surface area contributed by atoms with Gasteiger partial charge in [0.25, 0.3) is 5.91 Å². The van der Waals surface area contributed by atoms with Crippen LogP contribution in [0.5, 0.6) is 0 Å². The number of carbonyl (C=O) groups is 2. The summed E-state index contributed by atoms with van der Waals surface area (Å²) in [6.45, 7) is 13.6. The van der Waals surface area contributed by atoms with Gasteiger partial charge in [0, 0.05) is 52.8 Å². The van der Waals surface area contributed by atoms with Crippen LogP contribution in [0.1, 0.15) is 62.5 Å². The number of rotatable bonds is 6. The van der Waals surface area contributed by atoms with Gasteiger partial charge in [0.05, 0.1) is 29.1 Å². The Labute approximate surface area is 269 Å². The first-order valence-electron chi connectivity index (χ1n) is 15.3. The van der Waals surface area contributed by atoms with Crippen LogP contribution in [0.4, 0.5) is 19.3 Å². The number of ether oxygens (including phenoxy) is 1. The van der Waals surface area contributed by atoms with Crippen molar-refractivity contribution in [2.24, 2.45) is 0 Å². The fourth-order valence-electron chi connectivity index (χ4n) is 5.98. The monoisotopic (exact) mass is 647 g/mol. The molecule has 2 N–H and O–H groups in total. The van der Waals surface area contributed by atoms with Crippen LogP contribution in [-0.4, -0.2) is 62.1 Å². The summed E-state index contributed by atoms with van der Waals surface area (Å²) in [7, 11) is 0. The number of alkyl carbamates (subject to hydrolysis) is 1. The van der Waals surface area contributed by atoms with Gasteiger partial charge in [-0.1, -0.05) is 12.1 Å². The predicted octanol–water partition coefficient (Wildman–Crippen LogP) is 7.31. The highest BCUT2D eigenvalue weighted by Crippen LogP contribution is 2.43. The van der Waals surface area contributed by atoms with Gasteiger partial charge < -0.3 is 20.1 Å². The van der Waals surface area contributed by atoms with Gasteiger partial charge in [-0.15, -0.1) is 11.3 Å². The van der Waals surface area contributed by atoms with Crippen LogP contribution in [0.2, 0.25) is 0 Å². The smallest absolute Gasteiger partial charge is 0.407 e. The third-order valence-corrected chi connectivity index (χ3v) is 9.53. The summed E-state index contributed by atoms with van der Waals surface area (Å²) in [4.78, 5) is 31.9. The maximum Gasteiger partial charge on any atom is 0.407 e. The van der Waals surface area contributed by atoms with Gasteiger partial charge in [0.1, 0.15) is 17.2 Å². The zero-order valence-corrected chi connectivity index (χ0v) is 26.7. The molecular formula is C34H35F2N5O4S. The van der Waals surface area contributed by atoms with Crippen molar-refractivity contribution in [3.63, 3.8) is 0 Å². The van der Waals surface area contributed by atoms with Crippen molar-refractivity contribution in [2.75, 3.05) is 13.1 Å². The van der Waals surface area contributed by atoms with E-state index in [1.807, 2.05) is 0 Å². The van der Waals surface area contributed by atoms with Crippen LogP contribution >= 0.6 is 11.3 Å². The maximum atomic E-state index is 15.8. The Hall–Kier alpha value is -4.34. The third-order valence-electron chi connectivity index (χ3n) is 8.38. The fourth-order valence-corrected chi connectivity index (χ4v) is 7.15. The molecule has 2 aromatic heterocycles. The number of fused-ring (bicyclic) bond motifs is 1. The van der Waals surface area contributed by atoms with Crippen LogP contribution in [-0.2, 0) is 11.3 Å². The van der Waals surface area contributed by atoms with Crippen molar-refractivity contribution in [1.82, 2.24) is 20.0 Å². The van der Waals surface area contributed by atoms with Crippen molar-refractivity contribution >= 4 is 39.9 Å². The average molecular weight is 648 g/mol. The maximum absolute atomic E-state index is 15.8. The van der Waals surface area contributed by atoms with Gasteiger partial charge in [0.2, 0.25) is 5.69 Å². The van der Waals surface area contributed by atoms with Crippen molar-refractivity contribution in [1.29, 1.82) is 0 Å². The number of amides is 2. The van der Waals surface area contributed by atoms with E-state index in [0.29, 0.717) is 70.6 Å². The van der Waals surface area contributed by atoms with Crippen LogP contribution in [0, 0.1) is 18.2 Å². The van der Waals surface area contributed by atoms with Crippen molar-refractivity contribution < 1.29 is 28.2 Å². The summed E-state index contributed by atoms with van der Waals surface area (Å²) in [5.41, 5.74) is -0.0777. The number of halogens is 2. The molecule has 1 saturated heterocycles. The normalized spacial score (nSPS) is 17.8. The SMILES string of the molecule is [C-]#[N+]c1ccc(-c2cc(C(=O)N3CCC[C@@H](NC(=O)OC(C)(C)C)C3)sc2-c2cc3cn(CC4(O)CCC4)nc3cc2F)cc1F. The molecule has 0 spiro atoms. The summed E-state index contributed by atoms with van der Waals surface area (Å²) in [6, 6.07) is 8.52. The molecule has 3 heterocycles. The zero-order chi connectivity index (χ0) is 32.8. The minimum Gasteiger partial charge on any atom is -0.444 e. The lowest BCUT2D eigenvalue weighted by atomic mass is 9.80. The zero-order valence-electron chi connectivity index (χ0n) is 25.9. The minimum atomic E-state index is -0.808. The molecule has 2 aromatic carbocycles. The topological polar surface area (TPSA) is 101 Å².